The van der Waals surface area contributed by atoms with Crippen molar-refractivity contribution in [2.75, 3.05) is 0 Å². The SMILES string of the molecule is C.CC.CC.CC.CC.Cc1ccc(C(Cl)(Cl)C(Cl)(Cl)c2ccc(C)cc2)cc1.Cc1ccc(C(F)(F)C(F)(F)c2ccc(C)cc2)cc1.[B]. The van der Waals surface area contributed by atoms with Gasteiger partial charge in [0, 0.05) is 19.5 Å². The lowest BCUT2D eigenvalue weighted by Gasteiger charge is -2.33. The molecule has 0 atom stereocenters. The molecule has 0 unspecified atom stereocenters. The Morgan fingerprint density at radius 3 is 0.640 bits per heavy atom. The number of hydrogen-bond donors (Lipinski definition) is 0. The molecule has 9 heteroatoms. The maximum Gasteiger partial charge on any atom is 0.339 e. The quantitative estimate of drug-likeness (QED) is 0.104. The fourth-order valence-corrected chi connectivity index (χ4v) is 4.72. The second-order valence-corrected chi connectivity index (χ2v) is 12.4. The van der Waals surface area contributed by atoms with Crippen molar-refractivity contribution in [3.63, 3.8) is 0 Å². The summed E-state index contributed by atoms with van der Waals surface area (Å²) < 4.78 is 53.5. The summed E-state index contributed by atoms with van der Waals surface area (Å²) in [6.07, 6.45) is 0. The van der Waals surface area contributed by atoms with E-state index in [-0.39, 0.29) is 15.8 Å². The molecule has 0 saturated carbocycles. The molecule has 0 bridgehead atoms. The largest absolute Gasteiger partial charge is 0.339 e. The molecular formula is C41H56BCl4F4. The normalized spacial score (nSPS) is 10.5. The molecule has 50 heavy (non-hydrogen) atoms. The average Bonchev–Trinajstić information content (AvgIpc) is 3.09. The highest BCUT2D eigenvalue weighted by atomic mass is 35.5. The fourth-order valence-electron chi connectivity index (χ4n) is 3.78. The molecule has 0 spiro atoms. The van der Waals surface area contributed by atoms with Gasteiger partial charge in [0.15, 0.2) is 8.67 Å². The van der Waals surface area contributed by atoms with Gasteiger partial charge in [0.2, 0.25) is 0 Å². The molecular weight excluding hydrogens is 721 g/mol. The maximum atomic E-state index is 14.1. The Labute approximate surface area is 323 Å². The highest BCUT2D eigenvalue weighted by Gasteiger charge is 2.58. The van der Waals surface area contributed by atoms with Gasteiger partial charge < -0.3 is 0 Å². The van der Waals surface area contributed by atoms with E-state index >= 15 is 0 Å². The van der Waals surface area contributed by atoms with Crippen LogP contribution in [0, 0.1) is 27.7 Å². The van der Waals surface area contributed by atoms with Gasteiger partial charge in [0.1, 0.15) is 0 Å². The van der Waals surface area contributed by atoms with Crippen LogP contribution in [0.15, 0.2) is 97.1 Å². The molecule has 0 nitrogen and oxygen atoms in total. The molecule has 3 radical (unpaired) electrons. The molecule has 4 aromatic rings. The van der Waals surface area contributed by atoms with E-state index in [1.165, 1.54) is 24.3 Å². The maximum absolute atomic E-state index is 14.1. The molecule has 4 aromatic carbocycles. The molecule has 0 aliphatic rings. The Morgan fingerprint density at radius 1 is 0.340 bits per heavy atom. The third-order valence-electron chi connectivity index (χ3n) is 6.45. The van der Waals surface area contributed by atoms with Crippen LogP contribution in [0.25, 0.3) is 0 Å². The van der Waals surface area contributed by atoms with Gasteiger partial charge in [-0.2, -0.15) is 17.6 Å². The average molecular weight is 778 g/mol. The molecule has 279 valence electrons. The van der Waals surface area contributed by atoms with E-state index in [9.17, 15) is 17.6 Å². The summed E-state index contributed by atoms with van der Waals surface area (Å²) in [4.78, 5) is 0. The topological polar surface area (TPSA) is 0 Å². The van der Waals surface area contributed by atoms with E-state index in [1.54, 1.807) is 13.8 Å². The van der Waals surface area contributed by atoms with Gasteiger partial charge in [0.25, 0.3) is 0 Å². The third-order valence-corrected chi connectivity index (χ3v) is 8.84. The predicted octanol–water partition coefficient (Wildman–Crippen LogP) is 15.8. The van der Waals surface area contributed by atoms with Crippen LogP contribution in [0.5, 0.6) is 0 Å². The summed E-state index contributed by atoms with van der Waals surface area (Å²) in [7, 11) is 0. The van der Waals surface area contributed by atoms with E-state index in [1.807, 2.05) is 118 Å². The van der Waals surface area contributed by atoms with Crippen LogP contribution < -0.4 is 0 Å². The van der Waals surface area contributed by atoms with E-state index in [2.05, 4.69) is 0 Å². The molecule has 0 aliphatic heterocycles. The highest BCUT2D eigenvalue weighted by Crippen LogP contribution is 2.56. The van der Waals surface area contributed by atoms with Crippen molar-refractivity contribution >= 4 is 54.8 Å². The lowest BCUT2D eigenvalue weighted by molar-refractivity contribution is -0.223. The number of benzene rings is 4. The summed E-state index contributed by atoms with van der Waals surface area (Å²) >= 11 is 25.9. The Morgan fingerprint density at radius 2 is 0.480 bits per heavy atom. The van der Waals surface area contributed by atoms with E-state index in [4.69, 9.17) is 46.4 Å². The van der Waals surface area contributed by atoms with Gasteiger partial charge in [-0.1, -0.05) is 229 Å². The smallest absolute Gasteiger partial charge is 0.194 e. The lowest BCUT2D eigenvalue weighted by Crippen LogP contribution is -2.35. The van der Waals surface area contributed by atoms with Crippen molar-refractivity contribution in [1.82, 2.24) is 0 Å². The molecule has 0 aliphatic carbocycles. The number of hydrogen-bond acceptors (Lipinski definition) is 0. The van der Waals surface area contributed by atoms with Crippen molar-refractivity contribution in [2.45, 2.75) is 111 Å². The van der Waals surface area contributed by atoms with Gasteiger partial charge in [-0.3, -0.25) is 0 Å². The minimum atomic E-state index is -4.25. The standard InChI is InChI=1S/C16H14Cl4.C16H14F4.4C2H6.CH4.B/c2*1-11-3-7-13(8-4-11)15(17,18)16(19,20)14-9-5-12(2)6-10-14;4*1-2;;/h2*3-10H,1-2H3;4*1-2H3;1H4;. The predicted molar refractivity (Wildman–Crippen MR) is 217 cm³/mol. The van der Waals surface area contributed by atoms with Crippen LogP contribution in [0.1, 0.15) is 107 Å². The molecule has 4 rings (SSSR count). The number of alkyl halides is 8. The highest BCUT2D eigenvalue weighted by molar-refractivity contribution is 6.61. The Bertz CT molecular complexity index is 1180. The van der Waals surface area contributed by atoms with E-state index in [0.29, 0.717) is 11.1 Å². The lowest BCUT2D eigenvalue weighted by atomic mass is 9.95. The van der Waals surface area contributed by atoms with Crippen molar-refractivity contribution in [1.29, 1.82) is 0 Å². The Hall–Kier alpha value is -2.18. The van der Waals surface area contributed by atoms with Gasteiger partial charge in [-0.25, -0.2) is 0 Å². The second-order valence-electron chi connectivity index (χ2n) is 9.76. The van der Waals surface area contributed by atoms with Gasteiger partial charge >= 0.3 is 11.8 Å². The minimum Gasteiger partial charge on any atom is -0.194 e. The van der Waals surface area contributed by atoms with E-state index in [0.717, 1.165) is 46.5 Å². The van der Waals surface area contributed by atoms with Crippen LogP contribution >= 0.6 is 46.4 Å². The summed E-state index contributed by atoms with van der Waals surface area (Å²) in [5.41, 5.74) is 3.66. The molecule has 0 heterocycles. The number of rotatable bonds is 6. The fraction of sp³-hybridized carbons (Fsp3) is 0.415. The Kier molecular flexibility index (Phi) is 28.1. The first kappa shape index (κ1) is 54.6. The molecule has 0 fully saturated rings. The van der Waals surface area contributed by atoms with Crippen molar-refractivity contribution in [2.24, 2.45) is 0 Å². The zero-order chi connectivity index (χ0) is 37.9. The minimum absolute atomic E-state index is 0. The van der Waals surface area contributed by atoms with Crippen molar-refractivity contribution in [3.8, 4) is 0 Å². The Balaban J connectivity index is -0.000000341. The van der Waals surface area contributed by atoms with Gasteiger partial charge in [0.05, 0.1) is 0 Å². The van der Waals surface area contributed by atoms with Crippen LogP contribution in [-0.4, -0.2) is 8.41 Å². The summed E-state index contributed by atoms with van der Waals surface area (Å²) in [5.74, 6) is -8.51. The second kappa shape index (κ2) is 25.7. The van der Waals surface area contributed by atoms with Crippen LogP contribution in [0.3, 0.4) is 0 Å². The zero-order valence-electron chi connectivity index (χ0n) is 30.8. The summed E-state index contributed by atoms with van der Waals surface area (Å²) in [6, 6.07) is 24.8. The zero-order valence-corrected chi connectivity index (χ0v) is 33.9. The van der Waals surface area contributed by atoms with Gasteiger partial charge in [-0.15, -0.1) is 0 Å². The van der Waals surface area contributed by atoms with Crippen LogP contribution in [-0.2, 0) is 20.5 Å². The van der Waals surface area contributed by atoms with Crippen LogP contribution in [0.4, 0.5) is 17.6 Å². The first-order valence-corrected chi connectivity index (χ1v) is 17.8. The van der Waals surface area contributed by atoms with Crippen molar-refractivity contribution < 1.29 is 17.6 Å². The number of halogens is 8. The summed E-state index contributed by atoms with van der Waals surface area (Å²) in [5, 5.41) is 0. The van der Waals surface area contributed by atoms with E-state index < -0.39 is 31.6 Å². The first-order valence-electron chi connectivity index (χ1n) is 16.3. The van der Waals surface area contributed by atoms with Crippen LogP contribution in [0.2, 0.25) is 0 Å². The first-order chi connectivity index (χ1) is 22.5. The molecule has 0 N–H and O–H groups in total. The molecule has 0 saturated heterocycles. The van der Waals surface area contributed by atoms with Crippen molar-refractivity contribution in [3.05, 3.63) is 142 Å². The monoisotopic (exact) mass is 775 g/mol. The molecule has 0 aromatic heterocycles. The third kappa shape index (κ3) is 14.4. The molecule has 0 amide bonds. The van der Waals surface area contributed by atoms with Gasteiger partial charge in [-0.05, 0) is 38.8 Å². The number of aryl methyl sites for hydroxylation is 4. The summed E-state index contributed by atoms with van der Waals surface area (Å²) in [6.45, 7) is 23.4.